The van der Waals surface area contributed by atoms with Gasteiger partial charge in [-0.25, -0.2) is 0 Å². The topological polar surface area (TPSA) is 26.3 Å². The molecular weight excluding hydrogens is 200 g/mol. The highest BCUT2D eigenvalue weighted by atomic mass is 35.5. The average molecular weight is 211 g/mol. The third-order valence-electron chi connectivity index (χ3n) is 1.78. The molecule has 0 aromatic heterocycles. The van der Waals surface area contributed by atoms with E-state index in [1.165, 1.54) is 6.08 Å². The number of allylic oxidation sites excluding steroid dienone is 2. The Bertz CT molecular complexity index is 328. The predicted molar refractivity (Wildman–Crippen MR) is 56.7 cm³/mol. The minimum Gasteiger partial charge on any atom is -0.497 e. The summed E-state index contributed by atoms with van der Waals surface area (Å²) in [6.45, 7) is 0. The molecule has 0 aliphatic rings. The second kappa shape index (κ2) is 5.45. The number of halogens is 1. The number of hydrogen-bond acceptors (Lipinski definition) is 2. The summed E-state index contributed by atoms with van der Waals surface area (Å²) in [5.41, 5.74) is 1.05. The molecule has 1 rings (SSSR count). The van der Waals surface area contributed by atoms with Crippen LogP contribution in [-0.2, 0) is 11.2 Å². The lowest BCUT2D eigenvalue weighted by molar-refractivity contribution is -0.104. The van der Waals surface area contributed by atoms with E-state index in [0.717, 1.165) is 11.3 Å². The van der Waals surface area contributed by atoms with Gasteiger partial charge in [0.05, 0.1) is 7.11 Å². The van der Waals surface area contributed by atoms with E-state index in [9.17, 15) is 4.79 Å². The molecule has 0 spiro atoms. The van der Waals surface area contributed by atoms with Gasteiger partial charge in [0.1, 0.15) is 12.0 Å². The van der Waals surface area contributed by atoms with E-state index in [0.29, 0.717) is 17.7 Å². The molecule has 0 heterocycles. The van der Waals surface area contributed by atoms with E-state index >= 15 is 0 Å². The summed E-state index contributed by atoms with van der Waals surface area (Å²) in [4.78, 5) is 10.1. The van der Waals surface area contributed by atoms with Gasteiger partial charge in [0, 0.05) is 11.5 Å². The molecule has 14 heavy (non-hydrogen) atoms. The Balaban J connectivity index is 2.68. The van der Waals surface area contributed by atoms with E-state index in [2.05, 4.69) is 0 Å². The van der Waals surface area contributed by atoms with Crippen molar-refractivity contribution in [1.82, 2.24) is 0 Å². The molecule has 0 amide bonds. The Morgan fingerprint density at radius 2 is 2.07 bits per heavy atom. The minimum absolute atomic E-state index is 0.533. The highest BCUT2D eigenvalue weighted by Crippen LogP contribution is 2.15. The van der Waals surface area contributed by atoms with Crippen molar-refractivity contribution in [3.63, 3.8) is 0 Å². The van der Waals surface area contributed by atoms with E-state index in [1.54, 1.807) is 7.11 Å². The van der Waals surface area contributed by atoms with Gasteiger partial charge in [-0.15, -0.1) is 0 Å². The second-order valence-corrected chi connectivity index (χ2v) is 3.26. The Morgan fingerprint density at radius 1 is 1.43 bits per heavy atom. The van der Waals surface area contributed by atoms with Crippen LogP contribution in [-0.4, -0.2) is 13.4 Å². The minimum atomic E-state index is 0.533. The number of aldehydes is 1. The molecule has 0 atom stereocenters. The van der Waals surface area contributed by atoms with Crippen molar-refractivity contribution in [2.45, 2.75) is 6.42 Å². The maximum atomic E-state index is 10.1. The Labute approximate surface area is 88.1 Å². The smallest absolute Gasteiger partial charge is 0.144 e. The number of ether oxygens (including phenoxy) is 1. The molecule has 0 radical (unpaired) electrons. The van der Waals surface area contributed by atoms with Crippen molar-refractivity contribution >= 4 is 17.9 Å². The van der Waals surface area contributed by atoms with Crippen molar-refractivity contribution < 1.29 is 9.53 Å². The van der Waals surface area contributed by atoms with Gasteiger partial charge in [-0.3, -0.25) is 4.79 Å². The fourth-order valence-corrected chi connectivity index (χ4v) is 1.28. The van der Waals surface area contributed by atoms with Gasteiger partial charge in [-0.05, 0) is 23.8 Å². The highest BCUT2D eigenvalue weighted by Gasteiger charge is 1.96. The molecular formula is C11H11ClO2. The van der Waals surface area contributed by atoms with Gasteiger partial charge < -0.3 is 4.74 Å². The molecule has 0 N–H and O–H groups in total. The van der Waals surface area contributed by atoms with Crippen molar-refractivity contribution in [2.75, 3.05) is 7.11 Å². The summed E-state index contributed by atoms with van der Waals surface area (Å²) < 4.78 is 5.02. The summed E-state index contributed by atoms with van der Waals surface area (Å²) in [6.07, 6.45) is 2.61. The molecule has 1 aromatic rings. The van der Waals surface area contributed by atoms with E-state index in [1.807, 2.05) is 24.3 Å². The van der Waals surface area contributed by atoms with Crippen LogP contribution in [0.4, 0.5) is 0 Å². The van der Waals surface area contributed by atoms with Gasteiger partial charge in [0.25, 0.3) is 0 Å². The maximum Gasteiger partial charge on any atom is 0.144 e. The third-order valence-corrected chi connectivity index (χ3v) is 2.04. The first-order chi connectivity index (χ1) is 6.76. The van der Waals surface area contributed by atoms with Crippen LogP contribution < -0.4 is 4.74 Å². The zero-order valence-electron chi connectivity index (χ0n) is 7.87. The number of carbonyl (C=O) groups is 1. The average Bonchev–Trinajstić information content (AvgIpc) is 2.19. The molecule has 0 fully saturated rings. The number of benzene rings is 1. The van der Waals surface area contributed by atoms with Crippen LogP contribution in [0.2, 0.25) is 0 Å². The van der Waals surface area contributed by atoms with Crippen LogP contribution in [0.3, 0.4) is 0 Å². The van der Waals surface area contributed by atoms with Crippen LogP contribution >= 0.6 is 11.6 Å². The Kier molecular flexibility index (Phi) is 4.20. The molecule has 3 heteroatoms. The fraction of sp³-hybridized carbons (Fsp3) is 0.182. The summed E-state index contributed by atoms with van der Waals surface area (Å²) in [5.74, 6) is 0.809. The number of carbonyl (C=O) groups excluding carboxylic acids is 1. The van der Waals surface area contributed by atoms with E-state index in [4.69, 9.17) is 16.3 Å². The number of hydrogen-bond donors (Lipinski definition) is 0. The predicted octanol–water partition coefficient (Wildman–Crippen LogP) is 2.56. The Morgan fingerprint density at radius 3 is 2.57 bits per heavy atom. The highest BCUT2D eigenvalue weighted by molar-refractivity contribution is 6.30. The lowest BCUT2D eigenvalue weighted by Gasteiger charge is -2.01. The van der Waals surface area contributed by atoms with Gasteiger partial charge in [-0.1, -0.05) is 23.7 Å². The zero-order valence-corrected chi connectivity index (χ0v) is 8.62. The van der Waals surface area contributed by atoms with Gasteiger partial charge >= 0.3 is 0 Å². The summed E-state index contributed by atoms with van der Waals surface area (Å²) in [7, 11) is 1.62. The van der Waals surface area contributed by atoms with Gasteiger partial charge in [0.2, 0.25) is 0 Å². The van der Waals surface area contributed by atoms with Crippen molar-refractivity contribution in [1.29, 1.82) is 0 Å². The lowest BCUT2D eigenvalue weighted by Crippen LogP contribution is -1.87. The number of methoxy groups -OCH3 is 1. The molecule has 0 aliphatic heterocycles. The van der Waals surface area contributed by atoms with Crippen LogP contribution in [0.25, 0.3) is 0 Å². The summed E-state index contributed by atoms with van der Waals surface area (Å²) >= 11 is 5.79. The van der Waals surface area contributed by atoms with Gasteiger partial charge in [0.15, 0.2) is 0 Å². The van der Waals surface area contributed by atoms with Crippen molar-refractivity contribution in [3.05, 3.63) is 40.9 Å². The normalized spacial score (nSPS) is 11.1. The fourth-order valence-electron chi connectivity index (χ4n) is 1.07. The maximum absolute atomic E-state index is 10.1. The van der Waals surface area contributed by atoms with Crippen molar-refractivity contribution in [2.24, 2.45) is 0 Å². The zero-order chi connectivity index (χ0) is 10.4. The molecule has 0 aliphatic carbocycles. The molecule has 0 unspecified atom stereocenters. The molecule has 0 saturated carbocycles. The van der Waals surface area contributed by atoms with E-state index in [-0.39, 0.29) is 0 Å². The SMILES string of the molecule is COc1ccc(CC(Cl)=CC=O)cc1. The van der Waals surface area contributed by atoms with Crippen LogP contribution in [0.1, 0.15) is 5.56 Å². The molecule has 0 bridgehead atoms. The van der Waals surface area contributed by atoms with Crippen LogP contribution in [0.5, 0.6) is 5.75 Å². The molecule has 0 saturated heterocycles. The first kappa shape index (κ1) is 10.8. The quantitative estimate of drug-likeness (QED) is 0.564. The largest absolute Gasteiger partial charge is 0.497 e. The molecule has 2 nitrogen and oxygen atoms in total. The standard InChI is InChI=1S/C11H11ClO2/c1-14-11-4-2-9(3-5-11)8-10(12)6-7-13/h2-7H,8H2,1H3. The number of rotatable bonds is 4. The van der Waals surface area contributed by atoms with Crippen LogP contribution in [0.15, 0.2) is 35.4 Å². The second-order valence-electron chi connectivity index (χ2n) is 2.77. The molecule has 1 aromatic carbocycles. The molecule has 74 valence electrons. The third kappa shape index (κ3) is 3.23. The monoisotopic (exact) mass is 210 g/mol. The van der Waals surface area contributed by atoms with Crippen LogP contribution in [0, 0.1) is 0 Å². The summed E-state index contributed by atoms with van der Waals surface area (Å²) in [6, 6.07) is 7.56. The summed E-state index contributed by atoms with van der Waals surface area (Å²) in [5, 5.41) is 0.533. The van der Waals surface area contributed by atoms with Gasteiger partial charge in [-0.2, -0.15) is 0 Å². The van der Waals surface area contributed by atoms with E-state index < -0.39 is 0 Å². The first-order valence-electron chi connectivity index (χ1n) is 4.19. The Hall–Kier alpha value is -1.28. The lowest BCUT2D eigenvalue weighted by atomic mass is 10.1. The van der Waals surface area contributed by atoms with Crippen molar-refractivity contribution in [3.8, 4) is 5.75 Å². The first-order valence-corrected chi connectivity index (χ1v) is 4.57.